The maximum absolute atomic E-state index is 10.9. The third-order valence-corrected chi connectivity index (χ3v) is 4.04. The minimum absolute atomic E-state index is 0.0779. The molecule has 2 unspecified atom stereocenters. The van der Waals surface area contributed by atoms with Crippen molar-refractivity contribution in [1.82, 2.24) is 0 Å². The van der Waals surface area contributed by atoms with Crippen LogP contribution in [0, 0.1) is 11.3 Å². The maximum Gasteiger partial charge on any atom is 0.307 e. The van der Waals surface area contributed by atoms with Crippen LogP contribution in [0.1, 0.15) is 24.0 Å². The molecule has 1 spiro atoms. The van der Waals surface area contributed by atoms with Gasteiger partial charge < -0.3 is 5.11 Å². The Kier molecular flexibility index (Phi) is 1.70. The average molecular weight is 202 g/mol. The molecule has 0 amide bonds. The Morgan fingerprint density at radius 1 is 1.33 bits per heavy atom. The van der Waals surface area contributed by atoms with E-state index in [1.165, 1.54) is 11.1 Å². The van der Waals surface area contributed by atoms with Gasteiger partial charge in [-0.25, -0.2) is 0 Å². The van der Waals surface area contributed by atoms with Crippen molar-refractivity contribution in [3.63, 3.8) is 0 Å². The van der Waals surface area contributed by atoms with Gasteiger partial charge in [0.15, 0.2) is 0 Å². The van der Waals surface area contributed by atoms with Crippen LogP contribution < -0.4 is 0 Å². The van der Waals surface area contributed by atoms with Crippen molar-refractivity contribution >= 4 is 5.97 Å². The molecule has 2 nitrogen and oxygen atoms in total. The highest BCUT2D eigenvalue weighted by molar-refractivity contribution is 5.75. The van der Waals surface area contributed by atoms with Crippen LogP contribution in [0.4, 0.5) is 0 Å². The molecular weight excluding hydrogens is 188 g/mol. The molecule has 0 aliphatic heterocycles. The zero-order valence-electron chi connectivity index (χ0n) is 8.57. The Morgan fingerprint density at radius 3 is 2.73 bits per heavy atom. The lowest BCUT2D eigenvalue weighted by molar-refractivity contribution is -0.139. The largest absolute Gasteiger partial charge is 0.481 e. The summed E-state index contributed by atoms with van der Waals surface area (Å²) in [4.78, 5) is 10.9. The van der Waals surface area contributed by atoms with E-state index in [0.29, 0.717) is 0 Å². The summed E-state index contributed by atoms with van der Waals surface area (Å²) in [7, 11) is 0. The number of benzene rings is 1. The van der Waals surface area contributed by atoms with Gasteiger partial charge in [0.1, 0.15) is 0 Å². The van der Waals surface area contributed by atoms with Gasteiger partial charge in [0.05, 0.1) is 5.92 Å². The van der Waals surface area contributed by atoms with Crippen LogP contribution in [0.5, 0.6) is 0 Å². The van der Waals surface area contributed by atoms with E-state index in [1.54, 1.807) is 0 Å². The van der Waals surface area contributed by atoms with Crippen molar-refractivity contribution in [2.24, 2.45) is 11.3 Å². The molecule has 2 heteroatoms. The Hall–Kier alpha value is -1.31. The predicted octanol–water partition coefficient (Wildman–Crippen LogP) is 2.27. The first kappa shape index (κ1) is 8.96. The van der Waals surface area contributed by atoms with Crippen LogP contribution in [0.15, 0.2) is 24.3 Å². The summed E-state index contributed by atoms with van der Waals surface area (Å²) in [5.41, 5.74) is 2.90. The highest BCUT2D eigenvalue weighted by Crippen LogP contribution is 2.59. The monoisotopic (exact) mass is 202 g/mol. The molecule has 2 aliphatic rings. The van der Waals surface area contributed by atoms with E-state index in [1.807, 2.05) is 0 Å². The summed E-state index contributed by atoms with van der Waals surface area (Å²) in [5.74, 6) is -0.680. The smallest absolute Gasteiger partial charge is 0.307 e. The van der Waals surface area contributed by atoms with Gasteiger partial charge in [0, 0.05) is 0 Å². The molecule has 0 radical (unpaired) electrons. The van der Waals surface area contributed by atoms with E-state index in [-0.39, 0.29) is 11.3 Å². The van der Waals surface area contributed by atoms with Crippen molar-refractivity contribution in [1.29, 1.82) is 0 Å². The topological polar surface area (TPSA) is 37.3 Å². The molecule has 2 atom stereocenters. The van der Waals surface area contributed by atoms with Gasteiger partial charge in [-0.1, -0.05) is 24.3 Å². The second kappa shape index (κ2) is 2.84. The van der Waals surface area contributed by atoms with Crippen LogP contribution in [0.2, 0.25) is 0 Å². The number of hydrogen-bond donors (Lipinski definition) is 1. The maximum atomic E-state index is 10.9. The Morgan fingerprint density at radius 2 is 2.07 bits per heavy atom. The van der Waals surface area contributed by atoms with E-state index >= 15 is 0 Å². The molecule has 0 aromatic heterocycles. The summed E-state index contributed by atoms with van der Waals surface area (Å²) >= 11 is 0. The third-order valence-electron chi connectivity index (χ3n) is 4.04. The number of aliphatic carboxylic acids is 1. The van der Waals surface area contributed by atoms with Crippen LogP contribution >= 0.6 is 0 Å². The first-order valence-corrected chi connectivity index (χ1v) is 5.51. The van der Waals surface area contributed by atoms with Gasteiger partial charge in [0.2, 0.25) is 0 Å². The molecule has 1 saturated carbocycles. The van der Waals surface area contributed by atoms with E-state index in [0.717, 1.165) is 25.7 Å². The number of hydrogen-bond acceptors (Lipinski definition) is 1. The van der Waals surface area contributed by atoms with E-state index in [4.69, 9.17) is 5.11 Å². The molecule has 1 N–H and O–H groups in total. The van der Waals surface area contributed by atoms with Crippen molar-refractivity contribution in [2.75, 3.05) is 0 Å². The summed E-state index contributed by atoms with van der Waals surface area (Å²) in [6.07, 6.45) is 3.97. The van der Waals surface area contributed by atoms with Crippen molar-refractivity contribution in [3.8, 4) is 0 Å². The highest BCUT2D eigenvalue weighted by Gasteiger charge is 2.58. The van der Waals surface area contributed by atoms with E-state index < -0.39 is 5.97 Å². The molecule has 1 aromatic carbocycles. The fraction of sp³-hybridized carbons (Fsp3) is 0.462. The zero-order chi connectivity index (χ0) is 10.5. The van der Waals surface area contributed by atoms with Crippen molar-refractivity contribution in [2.45, 2.75) is 25.7 Å². The first-order valence-electron chi connectivity index (χ1n) is 5.51. The lowest BCUT2D eigenvalue weighted by atomic mass is 9.80. The molecule has 15 heavy (non-hydrogen) atoms. The molecular formula is C13H14O2. The Balaban J connectivity index is 1.88. The molecule has 0 saturated heterocycles. The Labute approximate surface area is 88.9 Å². The second-order valence-electron chi connectivity index (χ2n) is 4.90. The lowest BCUT2D eigenvalue weighted by Crippen LogP contribution is -2.19. The summed E-state index contributed by atoms with van der Waals surface area (Å²) in [6.45, 7) is 0. The SMILES string of the molecule is O=C(O)C1CC12CCc1ccccc1C2. The molecule has 2 aliphatic carbocycles. The minimum Gasteiger partial charge on any atom is -0.481 e. The Bertz CT molecular complexity index is 424. The number of rotatable bonds is 1. The third kappa shape index (κ3) is 1.28. The molecule has 1 fully saturated rings. The van der Waals surface area contributed by atoms with Crippen LogP contribution in [0.3, 0.4) is 0 Å². The quantitative estimate of drug-likeness (QED) is 0.758. The normalized spacial score (nSPS) is 32.4. The summed E-state index contributed by atoms with van der Waals surface area (Å²) in [6, 6.07) is 8.43. The second-order valence-corrected chi connectivity index (χ2v) is 4.90. The molecule has 1 aromatic rings. The lowest BCUT2D eigenvalue weighted by Gasteiger charge is -2.24. The molecule has 3 rings (SSSR count). The number of carboxylic acids is 1. The zero-order valence-corrected chi connectivity index (χ0v) is 8.57. The van der Waals surface area contributed by atoms with Gasteiger partial charge in [-0.2, -0.15) is 0 Å². The van der Waals surface area contributed by atoms with E-state index in [9.17, 15) is 4.79 Å². The van der Waals surface area contributed by atoms with Crippen LogP contribution in [0.25, 0.3) is 0 Å². The number of carboxylic acid groups (broad SMARTS) is 1. The number of aryl methyl sites for hydroxylation is 1. The molecule has 0 bridgehead atoms. The van der Waals surface area contributed by atoms with Crippen molar-refractivity contribution in [3.05, 3.63) is 35.4 Å². The van der Waals surface area contributed by atoms with Crippen LogP contribution in [-0.2, 0) is 17.6 Å². The summed E-state index contributed by atoms with van der Waals surface area (Å²) < 4.78 is 0. The highest BCUT2D eigenvalue weighted by atomic mass is 16.4. The van der Waals surface area contributed by atoms with E-state index in [2.05, 4.69) is 24.3 Å². The fourth-order valence-corrected chi connectivity index (χ4v) is 2.99. The standard InChI is InChI=1S/C13H14O2/c14-12(15)11-8-13(11)6-5-9-3-1-2-4-10(9)7-13/h1-4,11H,5-8H2,(H,14,15). The summed E-state index contributed by atoms with van der Waals surface area (Å²) in [5, 5.41) is 9.02. The average Bonchev–Trinajstić information content (AvgIpc) is 2.92. The minimum atomic E-state index is -0.602. The number of fused-ring (bicyclic) bond motifs is 1. The van der Waals surface area contributed by atoms with Gasteiger partial charge in [0.25, 0.3) is 0 Å². The predicted molar refractivity (Wildman–Crippen MR) is 56.6 cm³/mol. The van der Waals surface area contributed by atoms with Crippen LogP contribution in [-0.4, -0.2) is 11.1 Å². The van der Waals surface area contributed by atoms with Gasteiger partial charge in [-0.3, -0.25) is 4.79 Å². The molecule has 78 valence electrons. The first-order chi connectivity index (χ1) is 7.21. The van der Waals surface area contributed by atoms with Crippen molar-refractivity contribution < 1.29 is 9.90 Å². The fourth-order valence-electron chi connectivity index (χ4n) is 2.99. The number of carbonyl (C=O) groups is 1. The van der Waals surface area contributed by atoms with Gasteiger partial charge >= 0.3 is 5.97 Å². The van der Waals surface area contributed by atoms with Gasteiger partial charge in [-0.15, -0.1) is 0 Å². The van der Waals surface area contributed by atoms with Gasteiger partial charge in [-0.05, 0) is 42.2 Å². The molecule has 0 heterocycles.